The van der Waals surface area contributed by atoms with Gasteiger partial charge in [-0.3, -0.25) is 9.88 Å². The second-order valence-electron chi connectivity index (χ2n) is 8.07. The second-order valence-corrected chi connectivity index (χ2v) is 8.07. The lowest BCUT2D eigenvalue weighted by atomic mass is 10.1. The van der Waals surface area contributed by atoms with Crippen LogP contribution in [0.1, 0.15) is 17.1 Å². The van der Waals surface area contributed by atoms with Crippen LogP contribution in [0.25, 0.3) is 28.3 Å². The van der Waals surface area contributed by atoms with Crippen molar-refractivity contribution in [3.8, 4) is 28.4 Å². The van der Waals surface area contributed by atoms with E-state index in [9.17, 15) is 0 Å². The molecule has 0 saturated heterocycles. The van der Waals surface area contributed by atoms with Crippen LogP contribution in [-0.4, -0.2) is 48.6 Å². The van der Waals surface area contributed by atoms with Gasteiger partial charge in [0.1, 0.15) is 17.9 Å². The third kappa shape index (κ3) is 4.47. The van der Waals surface area contributed by atoms with Gasteiger partial charge in [0.2, 0.25) is 0 Å². The number of aromatic amines is 1. The number of hydrogen-bond donors (Lipinski definition) is 1. The molecule has 0 aliphatic heterocycles. The Morgan fingerprint density at radius 1 is 1.00 bits per heavy atom. The Labute approximate surface area is 191 Å². The number of benzene rings is 1. The van der Waals surface area contributed by atoms with Crippen LogP contribution in [-0.2, 0) is 13.1 Å². The van der Waals surface area contributed by atoms with Gasteiger partial charge in [-0.1, -0.05) is 18.2 Å². The molecule has 33 heavy (non-hydrogen) atoms. The van der Waals surface area contributed by atoms with Crippen LogP contribution in [0, 0.1) is 6.92 Å². The minimum Gasteiger partial charge on any atom is -0.497 e. The van der Waals surface area contributed by atoms with Gasteiger partial charge in [-0.15, -0.1) is 0 Å². The summed E-state index contributed by atoms with van der Waals surface area (Å²) < 4.78 is 7.01. The number of rotatable bonds is 7. The molecule has 0 unspecified atom stereocenters. The lowest BCUT2D eigenvalue weighted by Gasteiger charge is -2.15. The van der Waals surface area contributed by atoms with Gasteiger partial charge < -0.3 is 9.72 Å². The molecule has 4 aromatic heterocycles. The molecule has 0 atom stereocenters. The van der Waals surface area contributed by atoms with Gasteiger partial charge in [-0.25, -0.2) is 14.5 Å². The van der Waals surface area contributed by atoms with E-state index in [-0.39, 0.29) is 0 Å². The number of pyridine rings is 2. The van der Waals surface area contributed by atoms with Gasteiger partial charge in [0, 0.05) is 24.0 Å². The number of hydrogen-bond acceptors (Lipinski definition) is 6. The fourth-order valence-corrected chi connectivity index (χ4v) is 3.88. The average Bonchev–Trinajstić information content (AvgIpc) is 3.46. The predicted octanol–water partition coefficient (Wildman–Crippen LogP) is 4.13. The topological polar surface area (TPSA) is 84.2 Å². The normalized spacial score (nSPS) is 11.4. The van der Waals surface area contributed by atoms with Crippen LogP contribution in [0.15, 0.2) is 67.1 Å². The molecule has 5 rings (SSSR count). The predicted molar refractivity (Wildman–Crippen MR) is 127 cm³/mol. The lowest BCUT2D eigenvalue weighted by Crippen LogP contribution is -2.18. The van der Waals surface area contributed by atoms with Crippen molar-refractivity contribution < 1.29 is 4.74 Å². The number of nitrogens with one attached hydrogen (secondary N) is 1. The summed E-state index contributed by atoms with van der Waals surface area (Å²) >= 11 is 0. The van der Waals surface area contributed by atoms with E-state index in [1.165, 1.54) is 5.56 Å². The number of ether oxygens (including phenoxy) is 1. The summed E-state index contributed by atoms with van der Waals surface area (Å²) in [5, 5.41) is 4.27. The fraction of sp³-hybridized carbons (Fsp3) is 0.200. The van der Waals surface area contributed by atoms with Gasteiger partial charge in [-0.05, 0) is 55.9 Å². The molecule has 0 fully saturated rings. The largest absolute Gasteiger partial charge is 0.497 e. The van der Waals surface area contributed by atoms with Crippen LogP contribution in [0.5, 0.6) is 5.75 Å². The van der Waals surface area contributed by atoms with Crippen LogP contribution in [0.3, 0.4) is 0 Å². The van der Waals surface area contributed by atoms with E-state index < -0.39 is 0 Å². The average molecular weight is 440 g/mol. The highest BCUT2D eigenvalue weighted by molar-refractivity contribution is 5.77. The van der Waals surface area contributed by atoms with Crippen molar-refractivity contribution in [1.29, 1.82) is 0 Å². The molecule has 0 amide bonds. The Hall–Kier alpha value is -4.04. The molecule has 166 valence electrons. The molecule has 0 radical (unpaired) electrons. The standard InChI is InChI=1S/C25H25N7O/c1-17-5-4-6-21(28-17)25-24(19-9-12-23-26-16-27-32(23)14-19)29-22(30-25)15-31(2)13-18-7-10-20(33-3)11-8-18/h4-12,14,16H,13,15H2,1-3H3,(H,29,30). The lowest BCUT2D eigenvalue weighted by molar-refractivity contribution is 0.311. The Morgan fingerprint density at radius 2 is 1.85 bits per heavy atom. The molecular formula is C25H25N7O. The monoisotopic (exact) mass is 439 g/mol. The summed E-state index contributed by atoms with van der Waals surface area (Å²) in [6.07, 6.45) is 3.49. The molecule has 4 heterocycles. The van der Waals surface area contributed by atoms with Gasteiger partial charge >= 0.3 is 0 Å². The van der Waals surface area contributed by atoms with Crippen molar-refractivity contribution >= 4 is 5.65 Å². The number of nitrogens with zero attached hydrogens (tertiary/aromatic N) is 6. The molecule has 8 heteroatoms. The number of imidazole rings is 1. The number of aromatic nitrogens is 6. The summed E-state index contributed by atoms with van der Waals surface area (Å²) in [4.78, 5) is 19.7. The third-order valence-electron chi connectivity index (χ3n) is 5.48. The van der Waals surface area contributed by atoms with Gasteiger partial charge in [-0.2, -0.15) is 5.10 Å². The van der Waals surface area contributed by atoms with E-state index in [2.05, 4.69) is 39.1 Å². The minimum absolute atomic E-state index is 0.663. The summed E-state index contributed by atoms with van der Waals surface area (Å²) in [5.41, 5.74) is 6.51. The smallest absolute Gasteiger partial charge is 0.155 e. The molecule has 1 N–H and O–H groups in total. The summed E-state index contributed by atoms with van der Waals surface area (Å²) in [5.74, 6) is 1.73. The van der Waals surface area contributed by atoms with E-state index >= 15 is 0 Å². The van der Waals surface area contributed by atoms with Gasteiger partial charge in [0.15, 0.2) is 5.65 Å². The molecule has 0 aliphatic carbocycles. The number of H-pyrrole nitrogens is 1. The Bertz CT molecular complexity index is 1390. The summed E-state index contributed by atoms with van der Waals surface area (Å²) in [7, 11) is 3.76. The third-order valence-corrected chi connectivity index (χ3v) is 5.48. The SMILES string of the molecule is COc1ccc(CN(C)Cc2nc(-c3ccc4ncnn4c3)c(-c3cccc(C)n3)[nH]2)cc1. The van der Waals surface area contributed by atoms with Crippen molar-refractivity contribution in [2.75, 3.05) is 14.2 Å². The highest BCUT2D eigenvalue weighted by Gasteiger charge is 2.17. The van der Waals surface area contributed by atoms with E-state index in [0.717, 1.165) is 52.1 Å². The number of fused-ring (bicyclic) bond motifs is 1. The summed E-state index contributed by atoms with van der Waals surface area (Å²) in [6.45, 7) is 3.45. The van der Waals surface area contributed by atoms with Crippen molar-refractivity contribution in [3.05, 3.63) is 84.2 Å². The maximum absolute atomic E-state index is 5.26. The van der Waals surface area contributed by atoms with Crippen molar-refractivity contribution in [2.45, 2.75) is 20.0 Å². The zero-order valence-corrected chi connectivity index (χ0v) is 18.9. The second kappa shape index (κ2) is 8.84. The first-order valence-electron chi connectivity index (χ1n) is 10.7. The van der Waals surface area contributed by atoms with Gasteiger partial charge in [0.05, 0.1) is 30.7 Å². The van der Waals surface area contributed by atoms with Crippen LogP contribution in [0.2, 0.25) is 0 Å². The first-order chi connectivity index (χ1) is 16.1. The van der Waals surface area contributed by atoms with E-state index in [0.29, 0.717) is 6.54 Å². The molecule has 1 aromatic carbocycles. The van der Waals surface area contributed by atoms with E-state index in [1.807, 2.05) is 55.6 Å². The molecule has 0 spiro atoms. The highest BCUT2D eigenvalue weighted by atomic mass is 16.5. The van der Waals surface area contributed by atoms with Crippen molar-refractivity contribution in [1.82, 2.24) is 34.4 Å². The molecular weight excluding hydrogens is 414 g/mol. The van der Waals surface area contributed by atoms with Gasteiger partial charge in [0.25, 0.3) is 0 Å². The Kier molecular flexibility index (Phi) is 5.58. The Morgan fingerprint density at radius 3 is 2.64 bits per heavy atom. The van der Waals surface area contributed by atoms with E-state index in [4.69, 9.17) is 14.7 Å². The Balaban J connectivity index is 1.46. The van der Waals surface area contributed by atoms with Crippen molar-refractivity contribution in [2.24, 2.45) is 0 Å². The molecule has 5 aromatic rings. The number of methoxy groups -OCH3 is 1. The molecule has 8 nitrogen and oxygen atoms in total. The summed E-state index contributed by atoms with van der Waals surface area (Å²) in [6, 6.07) is 18.1. The molecule has 0 aliphatic rings. The first kappa shape index (κ1) is 20.8. The van der Waals surface area contributed by atoms with Crippen LogP contribution >= 0.6 is 0 Å². The highest BCUT2D eigenvalue weighted by Crippen LogP contribution is 2.30. The molecule has 0 bridgehead atoms. The minimum atomic E-state index is 0.663. The van der Waals surface area contributed by atoms with Crippen molar-refractivity contribution in [3.63, 3.8) is 0 Å². The molecule has 0 saturated carbocycles. The maximum atomic E-state index is 5.26. The quantitative estimate of drug-likeness (QED) is 0.410. The number of aryl methyl sites for hydroxylation is 1. The van der Waals surface area contributed by atoms with Crippen LogP contribution in [0.4, 0.5) is 0 Å². The fourth-order valence-electron chi connectivity index (χ4n) is 3.88. The zero-order chi connectivity index (χ0) is 22.8. The maximum Gasteiger partial charge on any atom is 0.155 e. The van der Waals surface area contributed by atoms with E-state index in [1.54, 1.807) is 18.0 Å². The van der Waals surface area contributed by atoms with Crippen LogP contribution < -0.4 is 4.74 Å². The first-order valence-corrected chi connectivity index (χ1v) is 10.7. The zero-order valence-electron chi connectivity index (χ0n) is 18.9.